The van der Waals surface area contributed by atoms with Crippen LogP contribution in [-0.4, -0.2) is 227 Å². The Morgan fingerprint density at radius 1 is 0.654 bits per heavy atom. The van der Waals surface area contributed by atoms with E-state index in [9.17, 15) is 80.8 Å². The number of hydrogen-bond donors (Lipinski definition) is 13. The highest BCUT2D eigenvalue weighted by atomic mass is 16.8. The minimum Gasteiger partial charge on any atom is -0.479 e. The molecule has 3 saturated heterocycles. The fraction of sp³-hybridized carbons (Fsp3) is 0.907. The average Bonchev–Trinajstić information content (AvgIpc) is 3.22. The zero-order valence-electron chi connectivity index (χ0n) is 46.1. The molecule has 78 heavy (non-hydrogen) atoms. The molecule has 24 nitrogen and oxygen atoms in total. The SMILES string of the molecule is CC(=O)OC1C(OC(=O)C(C)C)C(C)(C)CC2C3=CCC4C5(C)CCC(OC6OC(C(=O)O)C(O)C(O)C6OC6OC(CO)C(O)C(O)C6OC6OC(CO)C(O)C(O)C6O)C(C)(C)C5CCC4(C)C3(C)C(O)C(O)C21CO. The highest BCUT2D eigenvalue weighted by Gasteiger charge is 2.76. The van der Waals surface area contributed by atoms with Crippen molar-refractivity contribution >= 4 is 17.9 Å². The molecule has 0 aromatic rings. The van der Waals surface area contributed by atoms with Crippen LogP contribution in [0.15, 0.2) is 11.6 Å². The standard InChI is InChI=1S/C54H86O24/c1-21(2)45(70)78-42-43(71-22(3)58)54(20-57)24(17-49(42,4)5)23-11-12-28-51(8)15-14-29(50(6,7)27(51)13-16-52(28,9)53(23,10)40(66)41(54)67)74-48-39(35(64)34(63)37(75-48)44(68)69)77-47-38(33(62)31(60)26(19-56)73-47)76-46-36(65)32(61)30(59)25(18-55)72-46/h11,21,24-43,46-48,55-57,59-67H,12-20H2,1-10H3,(H,68,69). The van der Waals surface area contributed by atoms with Crippen LogP contribution in [0.1, 0.15) is 108 Å². The minimum absolute atomic E-state index is 0.137. The van der Waals surface area contributed by atoms with Gasteiger partial charge in [-0.1, -0.05) is 74.0 Å². The first kappa shape index (κ1) is 61.5. The Labute approximate surface area is 453 Å². The van der Waals surface area contributed by atoms with Gasteiger partial charge in [0.25, 0.3) is 0 Å². The van der Waals surface area contributed by atoms with Crippen LogP contribution in [0.3, 0.4) is 0 Å². The van der Waals surface area contributed by atoms with Crippen molar-refractivity contribution in [2.45, 2.75) is 230 Å². The molecule has 27 atom stereocenters. The molecule has 0 amide bonds. The van der Waals surface area contributed by atoms with E-state index in [0.717, 1.165) is 5.57 Å². The van der Waals surface area contributed by atoms with Crippen molar-refractivity contribution in [2.75, 3.05) is 19.8 Å². The predicted molar refractivity (Wildman–Crippen MR) is 264 cm³/mol. The van der Waals surface area contributed by atoms with Gasteiger partial charge in [0, 0.05) is 17.8 Å². The number of carbonyl (C=O) groups is 3. The van der Waals surface area contributed by atoms with Gasteiger partial charge in [-0.15, -0.1) is 0 Å². The van der Waals surface area contributed by atoms with E-state index in [4.69, 9.17) is 37.9 Å². The maximum absolute atomic E-state index is 13.2. The molecule has 3 heterocycles. The zero-order valence-corrected chi connectivity index (χ0v) is 46.1. The number of allylic oxidation sites excluding steroid dienone is 1. The minimum atomic E-state index is -2.14. The van der Waals surface area contributed by atoms with Crippen molar-refractivity contribution in [3.63, 3.8) is 0 Å². The summed E-state index contributed by atoms with van der Waals surface area (Å²) in [7, 11) is 0. The number of carboxylic acid groups (broad SMARTS) is 1. The lowest BCUT2D eigenvalue weighted by Gasteiger charge is -2.73. The van der Waals surface area contributed by atoms with Crippen LogP contribution in [0.2, 0.25) is 0 Å². The number of rotatable bonds is 13. The molecule has 27 unspecified atom stereocenters. The van der Waals surface area contributed by atoms with Gasteiger partial charge in [0.1, 0.15) is 73.2 Å². The molecule has 0 aromatic carbocycles. The number of hydrogen-bond acceptors (Lipinski definition) is 23. The number of aliphatic hydroxyl groups is 12. The van der Waals surface area contributed by atoms with Gasteiger partial charge >= 0.3 is 17.9 Å². The Kier molecular flexibility index (Phi) is 17.3. The first-order valence-corrected chi connectivity index (χ1v) is 27.5. The Balaban J connectivity index is 1.10. The van der Waals surface area contributed by atoms with Gasteiger partial charge in [-0.05, 0) is 72.5 Å². The number of aliphatic hydroxyl groups excluding tert-OH is 12. The van der Waals surface area contributed by atoms with Crippen LogP contribution >= 0.6 is 0 Å². The summed E-state index contributed by atoms with van der Waals surface area (Å²) in [6.45, 7) is 16.3. The number of fused-ring (bicyclic) bond motifs is 7. The van der Waals surface area contributed by atoms with Crippen molar-refractivity contribution in [1.29, 1.82) is 0 Å². The molecular formula is C54H86O24. The number of carbonyl (C=O) groups excluding carboxylic acids is 2. The van der Waals surface area contributed by atoms with E-state index in [1.807, 2.05) is 34.6 Å². The molecule has 0 aromatic heterocycles. The first-order chi connectivity index (χ1) is 36.3. The fourth-order valence-corrected chi connectivity index (χ4v) is 16.2. The predicted octanol–water partition coefficient (Wildman–Crippen LogP) is -1.63. The molecule has 0 bridgehead atoms. The number of aliphatic carboxylic acids is 1. The molecule has 3 aliphatic heterocycles. The Morgan fingerprint density at radius 3 is 1.78 bits per heavy atom. The largest absolute Gasteiger partial charge is 0.479 e. The molecule has 7 fully saturated rings. The fourth-order valence-electron chi connectivity index (χ4n) is 16.2. The maximum atomic E-state index is 13.2. The van der Waals surface area contributed by atoms with E-state index in [1.165, 1.54) is 6.92 Å². The first-order valence-electron chi connectivity index (χ1n) is 27.5. The summed E-state index contributed by atoms with van der Waals surface area (Å²) in [6, 6.07) is 0. The van der Waals surface area contributed by atoms with E-state index in [1.54, 1.807) is 13.8 Å². The second-order valence-corrected chi connectivity index (χ2v) is 25.9. The van der Waals surface area contributed by atoms with Crippen molar-refractivity contribution in [3.8, 4) is 0 Å². The highest BCUT2D eigenvalue weighted by molar-refractivity contribution is 5.73. The summed E-state index contributed by atoms with van der Waals surface area (Å²) < 4.78 is 48.2. The number of carboxylic acids is 1. The monoisotopic (exact) mass is 1120 g/mol. The number of esters is 2. The van der Waals surface area contributed by atoms with Crippen LogP contribution in [0.4, 0.5) is 0 Å². The summed E-state index contributed by atoms with van der Waals surface area (Å²) in [6.07, 6.45) is -29.8. The van der Waals surface area contributed by atoms with Gasteiger partial charge < -0.3 is 104 Å². The van der Waals surface area contributed by atoms with Gasteiger partial charge in [-0.2, -0.15) is 0 Å². The molecule has 0 spiro atoms. The molecule has 0 radical (unpaired) electrons. The third kappa shape index (κ3) is 9.49. The van der Waals surface area contributed by atoms with Crippen LogP contribution in [0.25, 0.3) is 0 Å². The van der Waals surface area contributed by atoms with Gasteiger partial charge in [0.15, 0.2) is 31.1 Å². The molecular weight excluding hydrogens is 1030 g/mol. The van der Waals surface area contributed by atoms with Gasteiger partial charge in [-0.3, -0.25) is 9.59 Å². The molecule has 5 aliphatic carbocycles. The van der Waals surface area contributed by atoms with E-state index in [0.29, 0.717) is 38.5 Å². The zero-order chi connectivity index (χ0) is 57.9. The van der Waals surface area contributed by atoms with Crippen molar-refractivity contribution < 1.29 is 119 Å². The molecule has 446 valence electrons. The Morgan fingerprint density at radius 2 is 1.22 bits per heavy atom. The Bertz CT molecular complexity index is 2230. The van der Waals surface area contributed by atoms with Crippen molar-refractivity contribution in [1.82, 2.24) is 0 Å². The summed E-state index contributed by atoms with van der Waals surface area (Å²) >= 11 is 0. The normalized spacial score (nSPS) is 50.7. The average molecular weight is 1120 g/mol. The summed E-state index contributed by atoms with van der Waals surface area (Å²) in [5.41, 5.74) is -4.76. The third-order valence-corrected chi connectivity index (χ3v) is 20.7. The molecule has 8 aliphatic rings. The lowest BCUT2D eigenvalue weighted by molar-refractivity contribution is -0.396. The highest BCUT2D eigenvalue weighted by Crippen LogP contribution is 2.76. The molecule has 4 saturated carbocycles. The van der Waals surface area contributed by atoms with Gasteiger partial charge in [0.05, 0.1) is 49.5 Å². The van der Waals surface area contributed by atoms with Crippen LogP contribution in [0.5, 0.6) is 0 Å². The van der Waals surface area contributed by atoms with Crippen molar-refractivity contribution in [3.05, 3.63) is 11.6 Å². The lowest BCUT2D eigenvalue weighted by atomic mass is 9.32. The van der Waals surface area contributed by atoms with E-state index >= 15 is 0 Å². The van der Waals surface area contributed by atoms with Crippen LogP contribution < -0.4 is 0 Å². The molecule has 24 heteroatoms. The van der Waals surface area contributed by atoms with E-state index < -0.39 is 205 Å². The smallest absolute Gasteiger partial charge is 0.335 e. The quantitative estimate of drug-likeness (QED) is 0.0559. The Hall–Kier alpha value is -2.57. The second-order valence-electron chi connectivity index (χ2n) is 25.9. The lowest BCUT2D eigenvalue weighted by Crippen LogP contribution is -2.76. The van der Waals surface area contributed by atoms with E-state index in [-0.39, 0.29) is 11.8 Å². The van der Waals surface area contributed by atoms with Gasteiger partial charge in [-0.25, -0.2) is 4.79 Å². The number of ether oxygens (including phenoxy) is 8. The van der Waals surface area contributed by atoms with Crippen molar-refractivity contribution in [2.24, 2.45) is 56.2 Å². The van der Waals surface area contributed by atoms with E-state index in [2.05, 4.69) is 19.9 Å². The van der Waals surface area contributed by atoms with Crippen LogP contribution in [0, 0.1) is 56.2 Å². The maximum Gasteiger partial charge on any atom is 0.335 e. The van der Waals surface area contributed by atoms with Crippen LogP contribution in [-0.2, 0) is 52.3 Å². The third-order valence-electron chi connectivity index (χ3n) is 20.7. The molecule has 8 rings (SSSR count). The molecule has 13 N–H and O–H groups in total. The summed E-state index contributed by atoms with van der Waals surface area (Å²) in [4.78, 5) is 38.8. The summed E-state index contributed by atoms with van der Waals surface area (Å²) in [5, 5.41) is 144. The second kappa shape index (κ2) is 21.9. The summed E-state index contributed by atoms with van der Waals surface area (Å²) in [5.74, 6) is -4.35. The van der Waals surface area contributed by atoms with Gasteiger partial charge in [0.2, 0.25) is 0 Å². The topological polar surface area (TPSA) is 388 Å².